The Morgan fingerprint density at radius 2 is 1.80 bits per heavy atom. The van der Waals surface area contributed by atoms with Gasteiger partial charge in [0.2, 0.25) is 5.91 Å². The highest BCUT2D eigenvalue weighted by atomic mass is 32.2. The normalized spacial score (nSPS) is 12.6. The van der Waals surface area contributed by atoms with Crippen LogP contribution in [0.4, 0.5) is 0 Å². The van der Waals surface area contributed by atoms with Gasteiger partial charge in [-0.2, -0.15) is 4.31 Å². The number of rotatable bonds is 11. The molecule has 1 aromatic rings. The summed E-state index contributed by atoms with van der Waals surface area (Å²) in [5.41, 5.74) is 5.28. The lowest BCUT2D eigenvalue weighted by atomic mass is 9.81. The monoisotopic (exact) mass is 389 g/mol. The van der Waals surface area contributed by atoms with Gasteiger partial charge in [0.05, 0.1) is 5.41 Å². The van der Waals surface area contributed by atoms with Crippen LogP contribution >= 0.6 is 11.3 Å². The van der Waals surface area contributed by atoms with Gasteiger partial charge in [0.1, 0.15) is 4.21 Å². The van der Waals surface area contributed by atoms with Crippen molar-refractivity contribution in [3.63, 3.8) is 0 Å². The fraction of sp³-hybridized carbons (Fsp3) is 0.706. The minimum Gasteiger partial charge on any atom is -0.355 e. The van der Waals surface area contributed by atoms with Crippen molar-refractivity contribution in [2.24, 2.45) is 11.1 Å². The highest BCUT2D eigenvalue weighted by Gasteiger charge is 2.32. The molecule has 144 valence electrons. The maximum absolute atomic E-state index is 12.5. The van der Waals surface area contributed by atoms with Gasteiger partial charge in [-0.05, 0) is 31.4 Å². The Morgan fingerprint density at radius 3 is 2.28 bits per heavy atom. The van der Waals surface area contributed by atoms with E-state index in [9.17, 15) is 13.2 Å². The average Bonchev–Trinajstić information content (AvgIpc) is 3.07. The second-order valence-electron chi connectivity index (χ2n) is 6.01. The number of carbonyl (C=O) groups is 1. The van der Waals surface area contributed by atoms with Crippen LogP contribution in [0, 0.1) is 5.41 Å². The molecule has 0 fully saturated rings. The summed E-state index contributed by atoms with van der Waals surface area (Å²) >= 11 is 1.27. The second kappa shape index (κ2) is 9.66. The van der Waals surface area contributed by atoms with E-state index in [1.165, 1.54) is 15.6 Å². The lowest BCUT2D eigenvalue weighted by Gasteiger charge is -2.28. The lowest BCUT2D eigenvalue weighted by molar-refractivity contribution is -0.131. The van der Waals surface area contributed by atoms with Crippen LogP contribution in [0.5, 0.6) is 0 Å². The van der Waals surface area contributed by atoms with E-state index in [1.807, 2.05) is 33.8 Å². The quantitative estimate of drug-likeness (QED) is 0.607. The Morgan fingerprint density at radius 1 is 1.20 bits per heavy atom. The SMILES string of the molecule is CCN(CC)S(=O)(=O)c1ccc(CCNC(=O)C(CC)(CC)CN)s1. The molecule has 0 aliphatic carbocycles. The summed E-state index contributed by atoms with van der Waals surface area (Å²) in [6, 6.07) is 3.47. The first kappa shape index (κ1) is 22.1. The molecule has 8 heteroatoms. The van der Waals surface area contributed by atoms with Gasteiger partial charge in [-0.25, -0.2) is 8.42 Å². The van der Waals surface area contributed by atoms with Crippen LogP contribution in [0.25, 0.3) is 0 Å². The van der Waals surface area contributed by atoms with Crippen molar-refractivity contribution in [2.75, 3.05) is 26.2 Å². The molecule has 3 N–H and O–H groups in total. The number of hydrogen-bond acceptors (Lipinski definition) is 5. The van der Waals surface area contributed by atoms with Crippen LogP contribution < -0.4 is 11.1 Å². The van der Waals surface area contributed by atoms with E-state index in [2.05, 4.69) is 5.32 Å². The Hall–Kier alpha value is -0.960. The largest absolute Gasteiger partial charge is 0.355 e. The number of nitrogens with zero attached hydrogens (tertiary/aromatic N) is 1. The highest BCUT2D eigenvalue weighted by molar-refractivity contribution is 7.91. The van der Waals surface area contributed by atoms with Crippen molar-refractivity contribution in [1.82, 2.24) is 9.62 Å². The summed E-state index contributed by atoms with van der Waals surface area (Å²) in [4.78, 5) is 13.3. The third-order valence-corrected chi connectivity index (χ3v) is 8.48. The zero-order valence-corrected chi connectivity index (χ0v) is 17.3. The zero-order valence-electron chi connectivity index (χ0n) is 15.7. The van der Waals surface area contributed by atoms with Gasteiger partial charge in [0.25, 0.3) is 10.0 Å². The molecule has 1 heterocycles. The molecule has 0 atom stereocenters. The van der Waals surface area contributed by atoms with E-state index in [4.69, 9.17) is 5.73 Å². The third kappa shape index (κ3) is 5.03. The molecule has 0 saturated carbocycles. The van der Waals surface area contributed by atoms with E-state index < -0.39 is 15.4 Å². The number of sulfonamides is 1. The number of carbonyl (C=O) groups excluding carboxylic acids is 1. The van der Waals surface area contributed by atoms with Crippen LogP contribution in [-0.2, 0) is 21.2 Å². The summed E-state index contributed by atoms with van der Waals surface area (Å²) in [6.45, 7) is 9.32. The molecule has 0 spiro atoms. The molecule has 1 amide bonds. The van der Waals surface area contributed by atoms with E-state index >= 15 is 0 Å². The van der Waals surface area contributed by atoms with Gasteiger partial charge in [0, 0.05) is 31.1 Å². The van der Waals surface area contributed by atoms with Gasteiger partial charge >= 0.3 is 0 Å². The topological polar surface area (TPSA) is 92.5 Å². The number of thiophene rings is 1. The molecule has 1 rings (SSSR count). The molecule has 0 unspecified atom stereocenters. The van der Waals surface area contributed by atoms with Crippen molar-refractivity contribution in [3.8, 4) is 0 Å². The Labute approximate surface area is 155 Å². The second-order valence-corrected chi connectivity index (χ2v) is 9.34. The molecule has 0 aliphatic heterocycles. The Bertz CT molecular complexity index is 640. The maximum Gasteiger partial charge on any atom is 0.252 e. The van der Waals surface area contributed by atoms with Gasteiger partial charge in [-0.1, -0.05) is 27.7 Å². The predicted octanol–water partition coefficient (Wildman–Crippen LogP) is 2.20. The molecule has 1 aromatic heterocycles. The summed E-state index contributed by atoms with van der Waals surface area (Å²) in [7, 11) is -3.41. The average molecular weight is 390 g/mol. The number of nitrogens with one attached hydrogen (secondary N) is 1. The van der Waals surface area contributed by atoms with Crippen LogP contribution in [-0.4, -0.2) is 44.8 Å². The fourth-order valence-corrected chi connectivity index (χ4v) is 5.73. The van der Waals surface area contributed by atoms with Crippen molar-refractivity contribution in [1.29, 1.82) is 0 Å². The summed E-state index contributed by atoms with van der Waals surface area (Å²) < 4.78 is 26.8. The standard InChI is InChI=1S/C17H31N3O3S2/c1-5-17(6-2,13-18)16(21)19-12-11-14-9-10-15(24-14)25(22,23)20(7-3)8-4/h9-10H,5-8,11-13,18H2,1-4H3,(H,19,21). The van der Waals surface area contributed by atoms with Crippen LogP contribution in [0.3, 0.4) is 0 Å². The molecule has 0 aliphatic rings. The molecular weight excluding hydrogens is 358 g/mol. The van der Waals surface area contributed by atoms with Gasteiger partial charge in [0.15, 0.2) is 0 Å². The van der Waals surface area contributed by atoms with Gasteiger partial charge in [-0.15, -0.1) is 11.3 Å². The third-order valence-electron chi connectivity index (χ3n) is 4.82. The first-order valence-corrected chi connectivity index (χ1v) is 11.1. The first-order valence-electron chi connectivity index (χ1n) is 8.88. The Kier molecular flexibility index (Phi) is 8.53. The molecule has 0 aromatic carbocycles. The molecule has 0 bridgehead atoms. The fourth-order valence-electron chi connectivity index (χ4n) is 2.76. The number of nitrogens with two attached hydrogens (primary N) is 1. The van der Waals surface area contributed by atoms with Gasteiger partial charge < -0.3 is 11.1 Å². The predicted molar refractivity (Wildman–Crippen MR) is 103 cm³/mol. The highest BCUT2D eigenvalue weighted by Crippen LogP contribution is 2.26. The van der Waals surface area contributed by atoms with Crippen LogP contribution in [0.2, 0.25) is 0 Å². The summed E-state index contributed by atoms with van der Waals surface area (Å²) in [5.74, 6) is -0.0208. The van der Waals surface area contributed by atoms with Crippen molar-refractivity contribution >= 4 is 27.3 Å². The van der Waals surface area contributed by atoms with E-state index in [0.29, 0.717) is 49.7 Å². The molecule has 25 heavy (non-hydrogen) atoms. The van der Waals surface area contributed by atoms with E-state index in [0.717, 1.165) is 4.88 Å². The van der Waals surface area contributed by atoms with Crippen molar-refractivity contribution in [3.05, 3.63) is 17.0 Å². The summed E-state index contributed by atoms with van der Waals surface area (Å²) in [5, 5.41) is 2.95. The number of hydrogen-bond donors (Lipinski definition) is 2. The van der Waals surface area contributed by atoms with Crippen LogP contribution in [0.15, 0.2) is 16.3 Å². The number of amides is 1. The molecular formula is C17H31N3O3S2. The van der Waals surface area contributed by atoms with Crippen LogP contribution in [0.1, 0.15) is 45.4 Å². The molecule has 0 saturated heterocycles. The van der Waals surface area contributed by atoms with Crippen molar-refractivity contribution in [2.45, 2.75) is 51.2 Å². The zero-order chi connectivity index (χ0) is 19.1. The smallest absolute Gasteiger partial charge is 0.252 e. The maximum atomic E-state index is 12.5. The molecule has 6 nitrogen and oxygen atoms in total. The minimum absolute atomic E-state index is 0.0208. The Balaban J connectivity index is 2.70. The van der Waals surface area contributed by atoms with E-state index in [-0.39, 0.29) is 5.91 Å². The minimum atomic E-state index is -3.41. The first-order chi connectivity index (χ1) is 11.8. The lowest BCUT2D eigenvalue weighted by Crippen LogP contribution is -2.45. The van der Waals surface area contributed by atoms with Crippen molar-refractivity contribution < 1.29 is 13.2 Å². The van der Waals surface area contributed by atoms with Gasteiger partial charge in [-0.3, -0.25) is 4.79 Å². The summed E-state index contributed by atoms with van der Waals surface area (Å²) in [6.07, 6.45) is 2.02. The van der Waals surface area contributed by atoms with E-state index in [1.54, 1.807) is 6.07 Å². The molecule has 0 radical (unpaired) electrons.